The monoisotopic (exact) mass is 671 g/mol. The van der Waals surface area contributed by atoms with Crippen LogP contribution < -0.4 is 25.3 Å². The van der Waals surface area contributed by atoms with Gasteiger partial charge in [0.25, 0.3) is 0 Å². The van der Waals surface area contributed by atoms with Crippen molar-refractivity contribution in [2.24, 2.45) is 5.92 Å². The second-order valence-corrected chi connectivity index (χ2v) is 18.8. The molecule has 0 bridgehead atoms. The van der Waals surface area contributed by atoms with Crippen molar-refractivity contribution in [3.05, 3.63) is 83.4 Å². The molecular weight excluding hydrogens is 623 g/mol. The Morgan fingerprint density at radius 3 is 2.50 bits per heavy atom. The predicted octanol–water partition coefficient (Wildman–Crippen LogP) is 4.79. The Kier molecular flexibility index (Phi) is 10.3. The summed E-state index contributed by atoms with van der Waals surface area (Å²) in [6.45, 7) is 8.00. The molecule has 1 saturated heterocycles. The molecule has 0 aliphatic carbocycles. The molecule has 3 aromatic rings. The minimum absolute atomic E-state index is 0.0248. The third-order valence-electron chi connectivity index (χ3n) is 10.9. The lowest BCUT2D eigenvalue weighted by atomic mass is 9.86. The zero-order valence-corrected chi connectivity index (χ0v) is 29.7. The number of fused-ring (bicyclic) bond motifs is 2. The van der Waals surface area contributed by atoms with Gasteiger partial charge < -0.3 is 34.9 Å². The summed E-state index contributed by atoms with van der Waals surface area (Å²) in [4.78, 5) is 29.2. The second-order valence-electron chi connectivity index (χ2n) is 14.1. The third-order valence-corrected chi connectivity index (χ3v) is 15.1. The molecule has 3 aliphatic heterocycles. The largest absolute Gasteiger partial charge is 0.497 e. The quantitative estimate of drug-likeness (QED) is 0.266. The topological polar surface area (TPSA) is 109 Å². The Hall–Kier alpha value is -3.70. The highest BCUT2D eigenvalue weighted by atomic mass is 28.3. The predicted molar refractivity (Wildman–Crippen MR) is 189 cm³/mol. The zero-order chi connectivity index (χ0) is 34.0. The minimum Gasteiger partial charge on any atom is -0.497 e. The number of nitrogens with one attached hydrogen (secondary N) is 2. The van der Waals surface area contributed by atoms with E-state index in [-0.39, 0.29) is 60.6 Å². The van der Waals surface area contributed by atoms with Crippen molar-refractivity contribution in [2.75, 3.05) is 32.7 Å². The first-order valence-corrected chi connectivity index (χ1v) is 20.2. The van der Waals surface area contributed by atoms with Gasteiger partial charge in [-0.2, -0.15) is 0 Å². The van der Waals surface area contributed by atoms with Crippen LogP contribution in [-0.2, 0) is 27.3 Å². The number of aliphatic hydroxyl groups is 1. The van der Waals surface area contributed by atoms with Gasteiger partial charge in [0.2, 0.25) is 11.8 Å². The summed E-state index contributed by atoms with van der Waals surface area (Å²) in [6.07, 6.45) is 2.12. The van der Waals surface area contributed by atoms with Gasteiger partial charge in [-0.15, -0.1) is 0 Å². The first-order chi connectivity index (χ1) is 23.1. The SMILES string of the molecule is COc1ccc([Si](C)(C)C(CC(=O)N2Cc3ccccc3C[C@H]2CO)[C@@H]2Oc3ccc(NC(=O)[C@H]4CCCN4)cc3[C@H](OC)[C@H]2C)cc1. The average Bonchev–Trinajstić information content (AvgIpc) is 3.65. The van der Waals surface area contributed by atoms with Gasteiger partial charge in [-0.05, 0) is 67.3 Å². The summed E-state index contributed by atoms with van der Waals surface area (Å²) in [5, 5.41) is 17.9. The Labute approximate surface area is 285 Å². The normalized spacial score (nSPS) is 24.2. The van der Waals surface area contributed by atoms with Gasteiger partial charge in [0.15, 0.2) is 0 Å². The Morgan fingerprint density at radius 1 is 1.08 bits per heavy atom. The third kappa shape index (κ3) is 6.76. The highest BCUT2D eigenvalue weighted by Gasteiger charge is 2.49. The van der Waals surface area contributed by atoms with E-state index in [2.05, 4.69) is 54.9 Å². The van der Waals surface area contributed by atoms with E-state index in [1.165, 1.54) is 10.8 Å². The number of nitrogens with zero attached hydrogens (tertiary/aromatic N) is 1. The first-order valence-electron chi connectivity index (χ1n) is 17.1. The van der Waals surface area contributed by atoms with E-state index >= 15 is 0 Å². The van der Waals surface area contributed by atoms with Gasteiger partial charge in [-0.1, -0.05) is 61.6 Å². The maximum atomic E-state index is 14.5. The van der Waals surface area contributed by atoms with Crippen molar-refractivity contribution in [2.45, 2.75) is 82.1 Å². The van der Waals surface area contributed by atoms with Crippen molar-refractivity contribution in [3.63, 3.8) is 0 Å². The maximum Gasteiger partial charge on any atom is 0.241 e. The van der Waals surface area contributed by atoms with E-state index in [0.29, 0.717) is 24.4 Å². The number of amides is 2. The van der Waals surface area contributed by atoms with Crippen LogP contribution in [0.15, 0.2) is 66.7 Å². The smallest absolute Gasteiger partial charge is 0.241 e. The maximum absolute atomic E-state index is 14.5. The van der Waals surface area contributed by atoms with E-state index in [1.54, 1.807) is 14.2 Å². The van der Waals surface area contributed by atoms with Crippen LogP contribution in [0.3, 0.4) is 0 Å². The van der Waals surface area contributed by atoms with Crippen molar-refractivity contribution in [1.29, 1.82) is 0 Å². The van der Waals surface area contributed by atoms with E-state index in [0.717, 1.165) is 36.3 Å². The molecule has 2 amide bonds. The Bertz CT molecular complexity index is 1610. The number of benzene rings is 3. The molecule has 256 valence electrons. The number of methoxy groups -OCH3 is 2. The summed E-state index contributed by atoms with van der Waals surface area (Å²) in [5.74, 6) is 1.40. The summed E-state index contributed by atoms with van der Waals surface area (Å²) >= 11 is 0. The fourth-order valence-corrected chi connectivity index (χ4v) is 11.3. The molecule has 3 aromatic carbocycles. The lowest BCUT2D eigenvalue weighted by Crippen LogP contribution is -2.56. The first kappa shape index (κ1) is 34.2. The lowest BCUT2D eigenvalue weighted by Gasteiger charge is -2.46. The Morgan fingerprint density at radius 2 is 1.83 bits per heavy atom. The van der Waals surface area contributed by atoms with E-state index in [4.69, 9.17) is 14.2 Å². The zero-order valence-electron chi connectivity index (χ0n) is 28.7. The average molecular weight is 672 g/mol. The molecular formula is C38H49N3O6Si. The van der Waals surface area contributed by atoms with Gasteiger partial charge in [0.05, 0.1) is 40.0 Å². The molecule has 3 N–H and O–H groups in total. The number of anilines is 1. The molecule has 0 aromatic heterocycles. The van der Waals surface area contributed by atoms with Crippen molar-refractivity contribution < 1.29 is 28.9 Å². The van der Waals surface area contributed by atoms with E-state index < -0.39 is 8.07 Å². The molecule has 9 nitrogen and oxygen atoms in total. The van der Waals surface area contributed by atoms with Crippen LogP contribution in [0.1, 0.15) is 49.0 Å². The van der Waals surface area contributed by atoms with Crippen molar-refractivity contribution in [1.82, 2.24) is 10.2 Å². The van der Waals surface area contributed by atoms with Crippen LogP contribution in [-0.4, -0.2) is 75.5 Å². The second kappa shape index (κ2) is 14.4. The van der Waals surface area contributed by atoms with E-state index in [1.807, 2.05) is 47.4 Å². The van der Waals surface area contributed by atoms with Gasteiger partial charge in [0.1, 0.15) is 17.6 Å². The molecule has 6 rings (SSSR count). The standard InChI is InChI=1S/C38H49N3O6Si/c1-24-36(46-3)31-20-27(40-38(44)32-11-8-18-39-32)12-17-33(31)47-37(24)34(48(4,5)30-15-13-29(45-2)14-16-30)21-35(43)41-22-26-10-7-6-9-25(26)19-28(41)23-42/h6-7,9-10,12-17,20,24,28,32,34,36-37,39,42H,8,11,18-19,21-23H2,1-5H3,(H,40,44)/t24-,28+,32-,34?,36-,37-/m1/s1. The number of rotatable bonds is 10. The van der Waals surface area contributed by atoms with Crippen LogP contribution in [0.5, 0.6) is 11.5 Å². The van der Waals surface area contributed by atoms with Gasteiger partial charge in [-0.25, -0.2) is 0 Å². The molecule has 0 spiro atoms. The highest BCUT2D eigenvalue weighted by molar-refractivity contribution is 6.91. The van der Waals surface area contributed by atoms with Crippen molar-refractivity contribution in [3.8, 4) is 11.5 Å². The Balaban J connectivity index is 1.33. The summed E-state index contributed by atoms with van der Waals surface area (Å²) in [6, 6.07) is 21.7. The molecule has 1 unspecified atom stereocenters. The van der Waals surface area contributed by atoms with Gasteiger partial charge in [0, 0.05) is 42.8 Å². The molecule has 3 heterocycles. The molecule has 3 aliphatic rings. The van der Waals surface area contributed by atoms with Crippen LogP contribution in [0.2, 0.25) is 18.6 Å². The van der Waals surface area contributed by atoms with Gasteiger partial charge >= 0.3 is 0 Å². The van der Waals surface area contributed by atoms with Crippen LogP contribution in [0, 0.1) is 5.92 Å². The number of ether oxygens (including phenoxy) is 3. The summed E-state index contributed by atoms with van der Waals surface area (Å²) < 4.78 is 18.6. The molecule has 0 radical (unpaired) electrons. The molecule has 1 fully saturated rings. The summed E-state index contributed by atoms with van der Waals surface area (Å²) in [7, 11) is 0.949. The van der Waals surface area contributed by atoms with Crippen LogP contribution in [0.4, 0.5) is 5.69 Å². The molecule has 6 atom stereocenters. The summed E-state index contributed by atoms with van der Waals surface area (Å²) in [5.41, 5.74) is 3.79. The fraction of sp³-hybridized carbons (Fsp3) is 0.474. The number of hydrogen-bond acceptors (Lipinski definition) is 7. The number of carbonyl (C=O) groups is 2. The fourth-order valence-electron chi connectivity index (χ4n) is 7.96. The lowest BCUT2D eigenvalue weighted by molar-refractivity contribution is -0.136. The van der Waals surface area contributed by atoms with Crippen LogP contribution >= 0.6 is 0 Å². The molecule has 0 saturated carbocycles. The van der Waals surface area contributed by atoms with Crippen LogP contribution in [0.25, 0.3) is 0 Å². The number of carbonyl (C=O) groups excluding carboxylic acids is 2. The van der Waals surface area contributed by atoms with Crippen molar-refractivity contribution >= 4 is 30.8 Å². The molecule has 48 heavy (non-hydrogen) atoms. The van der Waals surface area contributed by atoms with Gasteiger partial charge in [-0.3, -0.25) is 9.59 Å². The number of hydrogen-bond donors (Lipinski definition) is 3. The number of aliphatic hydroxyl groups excluding tert-OH is 1. The van der Waals surface area contributed by atoms with E-state index in [9.17, 15) is 14.7 Å². The molecule has 10 heteroatoms. The highest BCUT2D eigenvalue weighted by Crippen LogP contribution is 2.48. The minimum atomic E-state index is -2.43.